The Bertz CT molecular complexity index is 95.0. The lowest BCUT2D eigenvalue weighted by Crippen LogP contribution is -2.08. The summed E-state index contributed by atoms with van der Waals surface area (Å²) in [5.74, 6) is 1.03. The molecule has 0 aromatic rings. The number of rotatable bonds is 6. The summed E-state index contributed by atoms with van der Waals surface area (Å²) in [6.45, 7) is 2.41. The molecule has 1 N–H and O–H groups in total. The summed E-state index contributed by atoms with van der Waals surface area (Å²) in [6, 6.07) is 0. The van der Waals surface area contributed by atoms with Gasteiger partial charge in [0.25, 0.3) is 0 Å². The van der Waals surface area contributed by atoms with E-state index in [2.05, 4.69) is 6.92 Å². The van der Waals surface area contributed by atoms with Crippen molar-refractivity contribution in [2.24, 2.45) is 0 Å². The van der Waals surface area contributed by atoms with Gasteiger partial charge >= 0.3 is 5.97 Å². The lowest BCUT2D eigenvalue weighted by Gasteiger charge is -1.98. The monoisotopic (exact) mass is 164 g/mol. The average Bonchev–Trinajstić information content (AvgIpc) is 1.87. The minimum atomic E-state index is -0.901. The van der Waals surface area contributed by atoms with Crippen LogP contribution in [0.3, 0.4) is 0 Å². The van der Waals surface area contributed by atoms with E-state index in [-0.39, 0.29) is 6.61 Å². The summed E-state index contributed by atoms with van der Waals surface area (Å²) >= 11 is 1.74. The van der Waals surface area contributed by atoms with Crippen LogP contribution in [0.25, 0.3) is 0 Å². The molecular formula is C6H12O3S. The van der Waals surface area contributed by atoms with Crippen molar-refractivity contribution in [2.75, 3.05) is 24.7 Å². The van der Waals surface area contributed by atoms with Crippen LogP contribution in [0.1, 0.15) is 6.92 Å². The molecule has 0 radical (unpaired) electrons. The number of carbonyl (C=O) groups is 1. The molecule has 0 aliphatic carbocycles. The number of ether oxygens (including phenoxy) is 1. The lowest BCUT2D eigenvalue weighted by molar-refractivity contribution is -0.141. The van der Waals surface area contributed by atoms with E-state index < -0.39 is 5.97 Å². The first kappa shape index (κ1) is 9.78. The SMILES string of the molecule is CCSCCOCC(=O)O. The number of aliphatic carboxylic acids is 1. The zero-order valence-corrected chi connectivity index (χ0v) is 6.82. The zero-order chi connectivity index (χ0) is 7.82. The van der Waals surface area contributed by atoms with Crippen LogP contribution >= 0.6 is 11.8 Å². The summed E-state index contributed by atoms with van der Waals surface area (Å²) < 4.78 is 4.78. The molecule has 0 amide bonds. The fourth-order valence-electron chi connectivity index (χ4n) is 0.422. The van der Waals surface area contributed by atoms with Crippen LogP contribution in [-0.4, -0.2) is 35.8 Å². The van der Waals surface area contributed by atoms with Gasteiger partial charge in [-0.25, -0.2) is 4.79 Å². The highest BCUT2D eigenvalue weighted by Gasteiger charge is 1.94. The highest BCUT2D eigenvalue weighted by molar-refractivity contribution is 7.99. The average molecular weight is 164 g/mol. The molecule has 0 bridgehead atoms. The number of hydrogen-bond acceptors (Lipinski definition) is 3. The molecule has 0 fully saturated rings. The molecule has 0 aliphatic rings. The van der Waals surface area contributed by atoms with Crippen molar-refractivity contribution in [1.29, 1.82) is 0 Å². The summed E-state index contributed by atoms with van der Waals surface area (Å²) in [4.78, 5) is 9.90. The summed E-state index contributed by atoms with van der Waals surface area (Å²) in [5, 5.41) is 8.14. The number of carboxylic acids is 1. The van der Waals surface area contributed by atoms with Gasteiger partial charge in [0.15, 0.2) is 0 Å². The first-order valence-corrected chi connectivity index (χ1v) is 4.30. The van der Waals surface area contributed by atoms with Crippen LogP contribution in [0, 0.1) is 0 Å². The van der Waals surface area contributed by atoms with Gasteiger partial charge in [0, 0.05) is 5.75 Å². The lowest BCUT2D eigenvalue weighted by atomic mass is 10.7. The van der Waals surface area contributed by atoms with Gasteiger partial charge in [0.1, 0.15) is 6.61 Å². The highest BCUT2D eigenvalue weighted by Crippen LogP contribution is 1.96. The molecular weight excluding hydrogens is 152 g/mol. The molecule has 0 rings (SSSR count). The molecule has 0 atom stereocenters. The van der Waals surface area contributed by atoms with Crippen molar-refractivity contribution in [3.63, 3.8) is 0 Å². The Morgan fingerprint density at radius 3 is 2.90 bits per heavy atom. The molecule has 0 aliphatic heterocycles. The number of hydrogen-bond donors (Lipinski definition) is 1. The second-order valence-electron chi connectivity index (χ2n) is 1.64. The van der Waals surface area contributed by atoms with Gasteiger partial charge in [-0.15, -0.1) is 0 Å². The molecule has 0 heterocycles. The highest BCUT2D eigenvalue weighted by atomic mass is 32.2. The summed E-state index contributed by atoms with van der Waals surface area (Å²) in [6.07, 6.45) is 0. The largest absolute Gasteiger partial charge is 0.480 e. The maximum absolute atomic E-state index is 9.90. The van der Waals surface area contributed by atoms with E-state index in [4.69, 9.17) is 9.84 Å². The topological polar surface area (TPSA) is 46.5 Å². The van der Waals surface area contributed by atoms with Gasteiger partial charge in [-0.3, -0.25) is 0 Å². The Balaban J connectivity index is 2.84. The molecule has 0 unspecified atom stereocenters. The Labute approximate surface area is 64.8 Å². The first-order valence-electron chi connectivity index (χ1n) is 3.14. The Morgan fingerprint density at radius 1 is 1.70 bits per heavy atom. The van der Waals surface area contributed by atoms with Crippen LogP contribution in [-0.2, 0) is 9.53 Å². The Kier molecular flexibility index (Phi) is 6.74. The second-order valence-corrected chi connectivity index (χ2v) is 3.04. The van der Waals surface area contributed by atoms with E-state index in [0.29, 0.717) is 6.61 Å². The Hall–Kier alpha value is -0.220. The van der Waals surface area contributed by atoms with Crippen LogP contribution in [0.5, 0.6) is 0 Å². The first-order chi connectivity index (χ1) is 4.77. The van der Waals surface area contributed by atoms with Gasteiger partial charge in [0.05, 0.1) is 6.61 Å². The van der Waals surface area contributed by atoms with Crippen molar-refractivity contribution in [1.82, 2.24) is 0 Å². The minimum absolute atomic E-state index is 0.176. The maximum Gasteiger partial charge on any atom is 0.329 e. The summed E-state index contributed by atoms with van der Waals surface area (Å²) in [5.41, 5.74) is 0. The van der Waals surface area contributed by atoms with Gasteiger partial charge in [0.2, 0.25) is 0 Å². The predicted molar refractivity (Wildman–Crippen MR) is 41.5 cm³/mol. The number of carboxylic acid groups (broad SMARTS) is 1. The van der Waals surface area contributed by atoms with Gasteiger partial charge in [-0.2, -0.15) is 11.8 Å². The molecule has 0 aromatic carbocycles. The van der Waals surface area contributed by atoms with E-state index in [1.54, 1.807) is 11.8 Å². The van der Waals surface area contributed by atoms with Crippen molar-refractivity contribution >= 4 is 17.7 Å². The van der Waals surface area contributed by atoms with Gasteiger partial charge in [-0.05, 0) is 5.75 Å². The molecule has 3 nitrogen and oxygen atoms in total. The van der Waals surface area contributed by atoms with Gasteiger partial charge in [-0.1, -0.05) is 6.92 Å². The van der Waals surface area contributed by atoms with Crippen molar-refractivity contribution < 1.29 is 14.6 Å². The normalized spacial score (nSPS) is 9.70. The van der Waals surface area contributed by atoms with Crippen LogP contribution in [0.15, 0.2) is 0 Å². The molecule has 4 heteroatoms. The van der Waals surface area contributed by atoms with E-state index >= 15 is 0 Å². The van der Waals surface area contributed by atoms with Crippen molar-refractivity contribution in [3.8, 4) is 0 Å². The van der Waals surface area contributed by atoms with E-state index in [0.717, 1.165) is 11.5 Å². The minimum Gasteiger partial charge on any atom is -0.480 e. The molecule has 60 valence electrons. The third kappa shape index (κ3) is 7.78. The standard InChI is InChI=1S/C6H12O3S/c1-2-10-4-3-9-5-6(7)8/h2-5H2,1H3,(H,7,8). The smallest absolute Gasteiger partial charge is 0.329 e. The third-order valence-corrected chi connectivity index (χ3v) is 1.67. The van der Waals surface area contributed by atoms with Crippen LogP contribution in [0.4, 0.5) is 0 Å². The third-order valence-electron chi connectivity index (χ3n) is 0.802. The molecule has 0 saturated carbocycles. The van der Waals surface area contributed by atoms with E-state index in [1.807, 2.05) is 0 Å². The fraction of sp³-hybridized carbons (Fsp3) is 0.833. The van der Waals surface area contributed by atoms with E-state index in [9.17, 15) is 4.79 Å². The Morgan fingerprint density at radius 2 is 2.40 bits per heavy atom. The van der Waals surface area contributed by atoms with E-state index in [1.165, 1.54) is 0 Å². The van der Waals surface area contributed by atoms with Crippen molar-refractivity contribution in [2.45, 2.75) is 6.92 Å². The molecule has 0 saturated heterocycles. The predicted octanol–water partition coefficient (Wildman–Crippen LogP) is 0.841. The summed E-state index contributed by atoms with van der Waals surface area (Å²) in [7, 11) is 0. The van der Waals surface area contributed by atoms with Crippen LogP contribution in [0.2, 0.25) is 0 Å². The van der Waals surface area contributed by atoms with Crippen LogP contribution < -0.4 is 0 Å². The zero-order valence-electron chi connectivity index (χ0n) is 6.00. The second kappa shape index (κ2) is 6.89. The molecule has 0 aromatic heterocycles. The molecule has 10 heavy (non-hydrogen) atoms. The quantitative estimate of drug-likeness (QED) is 0.591. The number of thioether (sulfide) groups is 1. The van der Waals surface area contributed by atoms with Crippen molar-refractivity contribution in [3.05, 3.63) is 0 Å². The maximum atomic E-state index is 9.90. The van der Waals surface area contributed by atoms with Gasteiger partial charge < -0.3 is 9.84 Å². The molecule has 0 spiro atoms. The fourth-order valence-corrected chi connectivity index (χ4v) is 0.946.